The van der Waals surface area contributed by atoms with Crippen LogP contribution in [0.1, 0.15) is 18.2 Å². The SMILES string of the molecule is CCNc1c(CSc2ccccc2)c(C)nn1C. The summed E-state index contributed by atoms with van der Waals surface area (Å²) in [5, 5.41) is 7.87. The van der Waals surface area contributed by atoms with Crippen molar-refractivity contribution >= 4 is 17.6 Å². The van der Waals surface area contributed by atoms with E-state index in [4.69, 9.17) is 0 Å². The van der Waals surface area contributed by atoms with Gasteiger partial charge < -0.3 is 5.32 Å². The Kier molecular flexibility index (Phi) is 4.31. The molecule has 0 fully saturated rings. The van der Waals surface area contributed by atoms with Crippen LogP contribution in [0.5, 0.6) is 0 Å². The number of rotatable bonds is 5. The molecule has 96 valence electrons. The van der Waals surface area contributed by atoms with Crippen molar-refractivity contribution in [3.05, 3.63) is 41.6 Å². The van der Waals surface area contributed by atoms with Crippen molar-refractivity contribution in [2.24, 2.45) is 7.05 Å². The average Bonchev–Trinajstić information content (AvgIpc) is 2.64. The predicted molar refractivity (Wildman–Crippen MR) is 78.1 cm³/mol. The van der Waals surface area contributed by atoms with Crippen molar-refractivity contribution in [3.8, 4) is 0 Å². The summed E-state index contributed by atoms with van der Waals surface area (Å²) in [7, 11) is 1.99. The summed E-state index contributed by atoms with van der Waals surface area (Å²) in [4.78, 5) is 1.29. The minimum atomic E-state index is 0.919. The topological polar surface area (TPSA) is 29.9 Å². The van der Waals surface area contributed by atoms with Crippen LogP contribution in [0.25, 0.3) is 0 Å². The standard InChI is InChI=1S/C14H19N3S/c1-4-15-14-13(11(2)16-17(14)3)10-18-12-8-6-5-7-9-12/h5-9,15H,4,10H2,1-3H3. The molecular weight excluding hydrogens is 242 g/mol. The maximum absolute atomic E-state index is 4.48. The lowest BCUT2D eigenvalue weighted by Crippen LogP contribution is -2.05. The molecule has 0 bridgehead atoms. The van der Waals surface area contributed by atoms with Gasteiger partial charge in [-0.05, 0) is 26.0 Å². The van der Waals surface area contributed by atoms with Gasteiger partial charge >= 0.3 is 0 Å². The molecule has 3 nitrogen and oxygen atoms in total. The Morgan fingerprint density at radius 1 is 1.28 bits per heavy atom. The van der Waals surface area contributed by atoms with Crippen LogP contribution in [-0.4, -0.2) is 16.3 Å². The molecule has 0 saturated carbocycles. The molecule has 0 saturated heterocycles. The number of hydrogen-bond acceptors (Lipinski definition) is 3. The quantitative estimate of drug-likeness (QED) is 0.836. The van der Waals surface area contributed by atoms with Crippen molar-refractivity contribution in [1.82, 2.24) is 9.78 Å². The summed E-state index contributed by atoms with van der Waals surface area (Å²) in [5.41, 5.74) is 2.41. The van der Waals surface area contributed by atoms with E-state index in [-0.39, 0.29) is 0 Å². The molecular formula is C14H19N3S. The van der Waals surface area contributed by atoms with Gasteiger partial charge in [0.05, 0.1) is 5.69 Å². The van der Waals surface area contributed by atoms with Crippen molar-refractivity contribution in [2.75, 3.05) is 11.9 Å². The molecule has 1 aromatic heterocycles. The second-order valence-corrected chi connectivity index (χ2v) is 5.22. The van der Waals surface area contributed by atoms with Crippen LogP contribution < -0.4 is 5.32 Å². The third-order valence-electron chi connectivity index (χ3n) is 2.82. The molecule has 1 aromatic carbocycles. The number of aryl methyl sites for hydroxylation is 2. The fourth-order valence-electron chi connectivity index (χ4n) is 1.94. The van der Waals surface area contributed by atoms with Crippen molar-refractivity contribution in [3.63, 3.8) is 0 Å². The molecule has 0 aliphatic carbocycles. The van der Waals surface area contributed by atoms with E-state index in [1.165, 1.54) is 10.5 Å². The first kappa shape index (κ1) is 13.0. The summed E-state index contributed by atoms with van der Waals surface area (Å²) in [5.74, 6) is 2.09. The van der Waals surface area contributed by atoms with Gasteiger partial charge in [-0.25, -0.2) is 0 Å². The fraction of sp³-hybridized carbons (Fsp3) is 0.357. The second kappa shape index (κ2) is 5.96. The normalized spacial score (nSPS) is 10.6. The van der Waals surface area contributed by atoms with Crippen molar-refractivity contribution < 1.29 is 0 Å². The zero-order chi connectivity index (χ0) is 13.0. The molecule has 2 aromatic rings. The van der Waals surface area contributed by atoms with Crippen LogP contribution in [0.2, 0.25) is 0 Å². The lowest BCUT2D eigenvalue weighted by Gasteiger charge is -2.07. The van der Waals surface area contributed by atoms with E-state index in [2.05, 4.69) is 48.5 Å². The molecule has 0 spiro atoms. The van der Waals surface area contributed by atoms with E-state index in [0.29, 0.717) is 0 Å². The van der Waals surface area contributed by atoms with Gasteiger partial charge in [0.25, 0.3) is 0 Å². The average molecular weight is 261 g/mol. The van der Waals surface area contributed by atoms with E-state index in [0.717, 1.165) is 23.8 Å². The van der Waals surface area contributed by atoms with Gasteiger partial charge in [0.15, 0.2) is 0 Å². The number of benzene rings is 1. The Morgan fingerprint density at radius 3 is 2.67 bits per heavy atom. The third kappa shape index (κ3) is 2.88. The zero-order valence-electron chi connectivity index (χ0n) is 11.1. The number of thioether (sulfide) groups is 1. The highest BCUT2D eigenvalue weighted by Gasteiger charge is 2.12. The van der Waals surface area contributed by atoms with Crippen molar-refractivity contribution in [1.29, 1.82) is 0 Å². The van der Waals surface area contributed by atoms with E-state index in [9.17, 15) is 0 Å². The van der Waals surface area contributed by atoms with Crippen LogP contribution in [-0.2, 0) is 12.8 Å². The van der Waals surface area contributed by atoms with Gasteiger partial charge in [-0.15, -0.1) is 11.8 Å². The molecule has 18 heavy (non-hydrogen) atoms. The molecule has 0 amide bonds. The van der Waals surface area contributed by atoms with Gasteiger partial charge in [0.1, 0.15) is 5.82 Å². The van der Waals surface area contributed by atoms with E-state index < -0.39 is 0 Å². The Balaban J connectivity index is 2.13. The summed E-state index contributed by atoms with van der Waals surface area (Å²) >= 11 is 1.85. The minimum absolute atomic E-state index is 0.919. The van der Waals surface area contributed by atoms with Crippen LogP contribution in [0.3, 0.4) is 0 Å². The lowest BCUT2D eigenvalue weighted by atomic mass is 10.3. The highest BCUT2D eigenvalue weighted by Crippen LogP contribution is 2.28. The van der Waals surface area contributed by atoms with Gasteiger partial charge in [0.2, 0.25) is 0 Å². The zero-order valence-corrected chi connectivity index (χ0v) is 11.9. The van der Waals surface area contributed by atoms with Crippen LogP contribution in [0.4, 0.5) is 5.82 Å². The first-order valence-corrected chi connectivity index (χ1v) is 7.15. The van der Waals surface area contributed by atoms with E-state index in [1.54, 1.807) is 0 Å². The molecule has 0 radical (unpaired) electrons. The number of anilines is 1. The van der Waals surface area contributed by atoms with Crippen LogP contribution >= 0.6 is 11.8 Å². The fourth-order valence-corrected chi connectivity index (χ4v) is 2.94. The first-order valence-electron chi connectivity index (χ1n) is 6.16. The second-order valence-electron chi connectivity index (χ2n) is 4.17. The number of aromatic nitrogens is 2. The summed E-state index contributed by atoms with van der Waals surface area (Å²) in [6, 6.07) is 10.5. The number of hydrogen-bond donors (Lipinski definition) is 1. The predicted octanol–water partition coefficient (Wildman–Crippen LogP) is 3.45. The van der Waals surface area contributed by atoms with Crippen LogP contribution in [0, 0.1) is 6.92 Å². The molecule has 1 heterocycles. The first-order chi connectivity index (χ1) is 8.72. The van der Waals surface area contributed by atoms with Crippen molar-refractivity contribution in [2.45, 2.75) is 24.5 Å². The van der Waals surface area contributed by atoms with E-state index in [1.807, 2.05) is 29.6 Å². The van der Waals surface area contributed by atoms with Gasteiger partial charge in [-0.3, -0.25) is 4.68 Å². The monoisotopic (exact) mass is 261 g/mol. The Bertz CT molecular complexity index is 505. The van der Waals surface area contributed by atoms with Gasteiger partial charge in [-0.1, -0.05) is 18.2 Å². The Hall–Kier alpha value is -1.42. The van der Waals surface area contributed by atoms with E-state index >= 15 is 0 Å². The molecule has 0 aliphatic heterocycles. The molecule has 2 rings (SSSR count). The molecule has 0 aliphatic rings. The van der Waals surface area contributed by atoms with Gasteiger partial charge in [-0.2, -0.15) is 5.10 Å². The summed E-state index contributed by atoms with van der Waals surface area (Å²) in [6.07, 6.45) is 0. The van der Waals surface area contributed by atoms with Gasteiger partial charge in [0, 0.05) is 29.8 Å². The number of nitrogens with zero attached hydrogens (tertiary/aromatic N) is 2. The highest BCUT2D eigenvalue weighted by atomic mass is 32.2. The minimum Gasteiger partial charge on any atom is -0.370 e. The molecule has 1 N–H and O–H groups in total. The highest BCUT2D eigenvalue weighted by molar-refractivity contribution is 7.98. The maximum Gasteiger partial charge on any atom is 0.128 e. The maximum atomic E-state index is 4.48. The lowest BCUT2D eigenvalue weighted by molar-refractivity contribution is 0.760. The molecule has 0 atom stereocenters. The molecule has 0 unspecified atom stereocenters. The largest absolute Gasteiger partial charge is 0.370 e. The Labute approximate surface area is 113 Å². The Morgan fingerprint density at radius 2 is 2.00 bits per heavy atom. The summed E-state index contributed by atoms with van der Waals surface area (Å²) in [6.45, 7) is 5.10. The van der Waals surface area contributed by atoms with Crippen LogP contribution in [0.15, 0.2) is 35.2 Å². The number of nitrogens with one attached hydrogen (secondary N) is 1. The summed E-state index contributed by atoms with van der Waals surface area (Å²) < 4.78 is 1.93. The third-order valence-corrected chi connectivity index (χ3v) is 3.86. The molecule has 4 heteroatoms. The smallest absolute Gasteiger partial charge is 0.128 e.